The van der Waals surface area contributed by atoms with Gasteiger partial charge in [-0.05, 0) is 40.3 Å². The van der Waals surface area contributed by atoms with Gasteiger partial charge in [-0.15, -0.1) is 0 Å². The van der Waals surface area contributed by atoms with Crippen LogP contribution in [0.4, 0.5) is 0 Å². The molecule has 0 heterocycles. The highest BCUT2D eigenvalue weighted by molar-refractivity contribution is 14.1. The fraction of sp³-hybridized carbons (Fsp3) is 0.250. The third kappa shape index (κ3) is 2.02. The number of hydrogen-bond acceptors (Lipinski definition) is 2. The Kier molecular flexibility index (Phi) is 3.61. The van der Waals surface area contributed by atoms with E-state index in [0.29, 0.717) is 17.3 Å². The maximum atomic E-state index is 5.89. The average molecular weight is 298 g/mol. The van der Waals surface area contributed by atoms with Gasteiger partial charge in [0.1, 0.15) is 5.75 Å². The van der Waals surface area contributed by atoms with E-state index in [9.17, 15) is 0 Å². The third-order valence-electron chi connectivity index (χ3n) is 1.54. The fourth-order valence-electron chi connectivity index (χ4n) is 0.884. The Balaban J connectivity index is 3.18. The normalized spacial score (nSPS) is 10.0. The van der Waals surface area contributed by atoms with Crippen molar-refractivity contribution in [2.45, 2.75) is 6.54 Å². The molecular weight excluding hydrogens is 288 g/mol. The minimum absolute atomic E-state index is 0.506. The molecule has 1 aromatic rings. The van der Waals surface area contributed by atoms with E-state index in [1.807, 2.05) is 12.1 Å². The van der Waals surface area contributed by atoms with E-state index < -0.39 is 0 Å². The maximum Gasteiger partial charge on any atom is 0.137 e. The standard InChI is InChI=1S/C8H9ClINO/c1-12-8-2-5(4-11)7(10)3-6(8)9/h2-3H,4,11H2,1H3. The highest BCUT2D eigenvalue weighted by atomic mass is 127. The summed E-state index contributed by atoms with van der Waals surface area (Å²) in [7, 11) is 1.59. The molecule has 0 aliphatic carbocycles. The van der Waals surface area contributed by atoms with E-state index in [1.165, 1.54) is 0 Å². The van der Waals surface area contributed by atoms with Gasteiger partial charge in [0, 0.05) is 10.1 Å². The predicted molar refractivity (Wildman–Crippen MR) is 58.6 cm³/mol. The highest BCUT2D eigenvalue weighted by Gasteiger charge is 2.05. The lowest BCUT2D eigenvalue weighted by atomic mass is 10.2. The van der Waals surface area contributed by atoms with Crippen LogP contribution in [-0.4, -0.2) is 7.11 Å². The number of halogens is 2. The number of ether oxygens (including phenoxy) is 1. The van der Waals surface area contributed by atoms with E-state index in [-0.39, 0.29) is 0 Å². The van der Waals surface area contributed by atoms with Crippen molar-refractivity contribution in [3.63, 3.8) is 0 Å². The van der Waals surface area contributed by atoms with Crippen LogP contribution in [-0.2, 0) is 6.54 Å². The minimum atomic E-state index is 0.506. The number of benzene rings is 1. The van der Waals surface area contributed by atoms with Crippen molar-refractivity contribution in [1.29, 1.82) is 0 Å². The van der Waals surface area contributed by atoms with Crippen molar-refractivity contribution in [3.05, 3.63) is 26.3 Å². The topological polar surface area (TPSA) is 35.2 Å². The van der Waals surface area contributed by atoms with Crippen LogP contribution in [0.15, 0.2) is 12.1 Å². The SMILES string of the molecule is COc1cc(CN)c(I)cc1Cl. The monoisotopic (exact) mass is 297 g/mol. The summed E-state index contributed by atoms with van der Waals surface area (Å²) in [6, 6.07) is 3.72. The lowest BCUT2D eigenvalue weighted by Crippen LogP contribution is -1.99. The van der Waals surface area contributed by atoms with Crippen molar-refractivity contribution in [1.82, 2.24) is 0 Å². The number of methoxy groups -OCH3 is 1. The molecule has 0 saturated carbocycles. The zero-order valence-corrected chi connectivity index (χ0v) is 9.52. The Morgan fingerprint density at radius 1 is 1.58 bits per heavy atom. The molecule has 0 aromatic heterocycles. The molecule has 0 unspecified atom stereocenters. The quantitative estimate of drug-likeness (QED) is 0.851. The van der Waals surface area contributed by atoms with Gasteiger partial charge in [0.25, 0.3) is 0 Å². The number of hydrogen-bond donors (Lipinski definition) is 1. The van der Waals surface area contributed by atoms with Crippen molar-refractivity contribution >= 4 is 34.2 Å². The van der Waals surface area contributed by atoms with Crippen LogP contribution in [0.1, 0.15) is 5.56 Å². The van der Waals surface area contributed by atoms with Crippen molar-refractivity contribution < 1.29 is 4.74 Å². The van der Waals surface area contributed by atoms with E-state index >= 15 is 0 Å². The summed E-state index contributed by atoms with van der Waals surface area (Å²) in [4.78, 5) is 0. The predicted octanol–water partition coefficient (Wildman–Crippen LogP) is 2.41. The maximum absolute atomic E-state index is 5.89. The summed E-state index contributed by atoms with van der Waals surface area (Å²) in [5.41, 5.74) is 6.57. The van der Waals surface area contributed by atoms with Crippen LogP contribution in [0.5, 0.6) is 5.75 Å². The summed E-state index contributed by atoms with van der Waals surface area (Å²) in [6.45, 7) is 0.506. The van der Waals surface area contributed by atoms with E-state index in [1.54, 1.807) is 7.11 Å². The molecule has 12 heavy (non-hydrogen) atoms. The third-order valence-corrected chi connectivity index (χ3v) is 2.84. The highest BCUT2D eigenvalue weighted by Crippen LogP contribution is 2.28. The molecule has 0 aliphatic rings. The molecule has 0 saturated heterocycles. The molecule has 66 valence electrons. The molecule has 0 bridgehead atoms. The Bertz CT molecular complexity index is 265. The van der Waals surface area contributed by atoms with Gasteiger partial charge in [0.15, 0.2) is 0 Å². The Morgan fingerprint density at radius 2 is 2.25 bits per heavy atom. The van der Waals surface area contributed by atoms with Gasteiger partial charge in [0.2, 0.25) is 0 Å². The molecule has 1 rings (SSSR count). The first kappa shape index (κ1) is 10.1. The van der Waals surface area contributed by atoms with Gasteiger partial charge >= 0.3 is 0 Å². The van der Waals surface area contributed by atoms with Gasteiger partial charge in [-0.1, -0.05) is 11.6 Å². The summed E-state index contributed by atoms with van der Waals surface area (Å²) >= 11 is 8.09. The van der Waals surface area contributed by atoms with Crippen LogP contribution in [0.2, 0.25) is 5.02 Å². The molecule has 2 nitrogen and oxygen atoms in total. The van der Waals surface area contributed by atoms with E-state index in [0.717, 1.165) is 9.13 Å². The molecule has 0 radical (unpaired) electrons. The van der Waals surface area contributed by atoms with Crippen molar-refractivity contribution in [3.8, 4) is 5.75 Å². The first-order valence-electron chi connectivity index (χ1n) is 3.41. The Labute approximate surface area is 90.2 Å². The van der Waals surface area contributed by atoms with Gasteiger partial charge in [0.05, 0.1) is 12.1 Å². The minimum Gasteiger partial charge on any atom is -0.495 e. The van der Waals surface area contributed by atoms with Crippen LogP contribution in [0, 0.1) is 3.57 Å². The molecular formula is C8H9ClINO. The van der Waals surface area contributed by atoms with E-state index in [2.05, 4.69) is 22.6 Å². The second kappa shape index (κ2) is 4.30. The molecule has 0 spiro atoms. The van der Waals surface area contributed by atoms with Crippen LogP contribution >= 0.6 is 34.2 Å². The average Bonchev–Trinajstić information content (AvgIpc) is 2.05. The number of rotatable bonds is 2. The van der Waals surface area contributed by atoms with Crippen LogP contribution < -0.4 is 10.5 Å². The van der Waals surface area contributed by atoms with Crippen molar-refractivity contribution in [2.24, 2.45) is 5.73 Å². The zero-order valence-electron chi connectivity index (χ0n) is 6.60. The first-order chi connectivity index (χ1) is 5.69. The molecule has 0 aliphatic heterocycles. The summed E-state index contributed by atoms with van der Waals surface area (Å²) in [5, 5.41) is 0.624. The molecule has 4 heteroatoms. The van der Waals surface area contributed by atoms with E-state index in [4.69, 9.17) is 22.1 Å². The zero-order chi connectivity index (χ0) is 9.14. The Morgan fingerprint density at radius 3 is 2.75 bits per heavy atom. The summed E-state index contributed by atoms with van der Waals surface area (Å²) in [5.74, 6) is 0.678. The second-order valence-corrected chi connectivity index (χ2v) is 3.85. The summed E-state index contributed by atoms with van der Waals surface area (Å²) in [6.07, 6.45) is 0. The molecule has 2 N–H and O–H groups in total. The summed E-state index contributed by atoms with van der Waals surface area (Å²) < 4.78 is 6.12. The van der Waals surface area contributed by atoms with Gasteiger partial charge in [-0.25, -0.2) is 0 Å². The first-order valence-corrected chi connectivity index (χ1v) is 4.86. The smallest absolute Gasteiger partial charge is 0.137 e. The largest absolute Gasteiger partial charge is 0.495 e. The van der Waals surface area contributed by atoms with Crippen LogP contribution in [0.25, 0.3) is 0 Å². The molecule has 0 fully saturated rings. The molecule has 0 atom stereocenters. The van der Waals surface area contributed by atoms with Gasteiger partial charge in [-0.2, -0.15) is 0 Å². The van der Waals surface area contributed by atoms with Crippen LogP contribution in [0.3, 0.4) is 0 Å². The molecule has 1 aromatic carbocycles. The number of nitrogens with two attached hydrogens (primary N) is 1. The lowest BCUT2D eigenvalue weighted by molar-refractivity contribution is 0.414. The van der Waals surface area contributed by atoms with Gasteiger partial charge in [-0.3, -0.25) is 0 Å². The second-order valence-electron chi connectivity index (χ2n) is 2.28. The fourth-order valence-corrected chi connectivity index (χ4v) is 2.00. The Hall–Kier alpha value is -0.000000000000000167. The molecule has 0 amide bonds. The lowest BCUT2D eigenvalue weighted by Gasteiger charge is -2.06. The van der Waals surface area contributed by atoms with Gasteiger partial charge < -0.3 is 10.5 Å². The van der Waals surface area contributed by atoms with Crippen molar-refractivity contribution in [2.75, 3.05) is 7.11 Å².